The van der Waals surface area contributed by atoms with Crippen molar-refractivity contribution >= 4 is 29.9 Å². The highest BCUT2D eigenvalue weighted by molar-refractivity contribution is 14.0. The van der Waals surface area contributed by atoms with Crippen molar-refractivity contribution in [2.24, 2.45) is 10.9 Å². The van der Waals surface area contributed by atoms with E-state index in [2.05, 4.69) is 22.1 Å². The van der Waals surface area contributed by atoms with Gasteiger partial charge in [-0.3, -0.25) is 4.99 Å². The van der Waals surface area contributed by atoms with Crippen LogP contribution in [0.4, 0.5) is 0 Å². The van der Waals surface area contributed by atoms with Gasteiger partial charge in [-0.25, -0.2) is 0 Å². The maximum atomic E-state index is 5.54. The minimum Gasteiger partial charge on any atom is -0.493 e. The van der Waals surface area contributed by atoms with Crippen molar-refractivity contribution in [1.82, 2.24) is 10.2 Å². The fourth-order valence-corrected chi connectivity index (χ4v) is 3.03. The predicted octanol–water partition coefficient (Wildman–Crippen LogP) is 3.14. The number of ether oxygens (including phenoxy) is 3. The minimum absolute atomic E-state index is 0. The van der Waals surface area contributed by atoms with Crippen LogP contribution >= 0.6 is 24.0 Å². The van der Waals surface area contributed by atoms with E-state index in [-0.39, 0.29) is 24.0 Å². The topological polar surface area (TPSA) is 55.3 Å². The lowest BCUT2D eigenvalue weighted by Crippen LogP contribution is -2.45. The van der Waals surface area contributed by atoms with E-state index < -0.39 is 0 Å². The molecule has 1 saturated heterocycles. The summed E-state index contributed by atoms with van der Waals surface area (Å²) in [6.45, 7) is 5.01. The van der Waals surface area contributed by atoms with Crippen LogP contribution in [0.5, 0.6) is 17.2 Å². The number of likely N-dealkylation sites (tertiary alicyclic amines) is 1. The quantitative estimate of drug-likeness (QED) is 0.413. The maximum Gasteiger partial charge on any atom is 0.203 e. The third-order valence-corrected chi connectivity index (χ3v) is 4.52. The van der Waals surface area contributed by atoms with E-state index in [9.17, 15) is 0 Å². The first-order valence-corrected chi connectivity index (χ1v) is 8.38. The van der Waals surface area contributed by atoms with Crippen LogP contribution in [0.2, 0.25) is 0 Å². The highest BCUT2D eigenvalue weighted by Gasteiger charge is 2.20. The van der Waals surface area contributed by atoms with E-state index in [0.29, 0.717) is 23.8 Å². The average Bonchev–Trinajstić information content (AvgIpc) is 2.62. The highest BCUT2D eigenvalue weighted by Crippen LogP contribution is 2.39. The number of nitrogens with one attached hydrogen (secondary N) is 1. The Hall–Kier alpha value is -1.38. The smallest absolute Gasteiger partial charge is 0.203 e. The van der Waals surface area contributed by atoms with E-state index in [1.165, 1.54) is 12.8 Å². The number of guanidine groups is 1. The fourth-order valence-electron chi connectivity index (χ4n) is 3.03. The summed E-state index contributed by atoms with van der Waals surface area (Å²) in [5.41, 5.74) is 1.00. The molecule has 0 unspecified atom stereocenters. The molecule has 0 bridgehead atoms. The van der Waals surface area contributed by atoms with Gasteiger partial charge < -0.3 is 24.4 Å². The van der Waals surface area contributed by atoms with Crippen molar-refractivity contribution in [3.8, 4) is 17.2 Å². The summed E-state index contributed by atoms with van der Waals surface area (Å²) in [6, 6.07) is 3.88. The maximum absolute atomic E-state index is 5.54. The Kier molecular flexibility index (Phi) is 9.16. The third kappa shape index (κ3) is 5.29. The molecule has 1 aromatic rings. The summed E-state index contributed by atoms with van der Waals surface area (Å²) in [4.78, 5) is 6.73. The number of hydrogen-bond acceptors (Lipinski definition) is 4. The van der Waals surface area contributed by atoms with Crippen molar-refractivity contribution in [3.63, 3.8) is 0 Å². The first-order valence-electron chi connectivity index (χ1n) is 8.38. The fraction of sp³-hybridized carbons (Fsp3) is 0.611. The van der Waals surface area contributed by atoms with Crippen LogP contribution in [-0.2, 0) is 6.54 Å². The lowest BCUT2D eigenvalue weighted by molar-refractivity contribution is 0.273. The summed E-state index contributed by atoms with van der Waals surface area (Å²) in [6.07, 6.45) is 2.42. The number of halogens is 1. The Morgan fingerprint density at radius 1 is 1.12 bits per heavy atom. The number of hydrogen-bond donors (Lipinski definition) is 1. The van der Waals surface area contributed by atoms with E-state index in [1.54, 1.807) is 21.3 Å². The lowest BCUT2D eigenvalue weighted by atomic mass is 9.99. The molecule has 7 heteroatoms. The second kappa shape index (κ2) is 10.6. The van der Waals surface area contributed by atoms with Crippen molar-refractivity contribution < 1.29 is 14.2 Å². The second-order valence-electron chi connectivity index (χ2n) is 6.06. The Labute approximate surface area is 167 Å². The Balaban J connectivity index is 0.00000312. The average molecular weight is 463 g/mol. The number of rotatable bonds is 5. The number of piperidine rings is 1. The molecule has 0 amide bonds. The van der Waals surface area contributed by atoms with Crippen LogP contribution in [0.25, 0.3) is 0 Å². The van der Waals surface area contributed by atoms with E-state index >= 15 is 0 Å². The molecule has 6 nitrogen and oxygen atoms in total. The normalized spacial score (nSPS) is 15.4. The molecule has 0 atom stereocenters. The van der Waals surface area contributed by atoms with Crippen LogP contribution in [0, 0.1) is 5.92 Å². The molecule has 0 radical (unpaired) electrons. The van der Waals surface area contributed by atoms with Gasteiger partial charge in [0.25, 0.3) is 0 Å². The molecule has 0 aliphatic carbocycles. The van der Waals surface area contributed by atoms with Gasteiger partial charge in [0.1, 0.15) is 0 Å². The van der Waals surface area contributed by atoms with Crippen molar-refractivity contribution in [3.05, 3.63) is 17.7 Å². The van der Waals surface area contributed by atoms with Crippen molar-refractivity contribution in [1.29, 1.82) is 0 Å². The first kappa shape index (κ1) is 21.7. The molecular formula is C18H30IN3O3. The predicted molar refractivity (Wildman–Crippen MR) is 112 cm³/mol. The molecule has 0 aromatic heterocycles. The molecule has 1 N–H and O–H groups in total. The highest BCUT2D eigenvalue weighted by atomic mass is 127. The number of aliphatic imine (C=N–C) groups is 1. The van der Waals surface area contributed by atoms with E-state index in [0.717, 1.165) is 30.5 Å². The van der Waals surface area contributed by atoms with Gasteiger partial charge in [-0.1, -0.05) is 6.92 Å². The standard InChI is InChI=1S/C18H29N3O3.HI/c1-13-8-10-21(11-9-13)18(19-2)20-12-14-6-7-15(22-3)17(24-5)16(14)23-4;/h6-7,13H,8-12H2,1-5H3,(H,19,20);1H. The van der Waals surface area contributed by atoms with Gasteiger partial charge in [0.2, 0.25) is 5.75 Å². The number of methoxy groups -OCH3 is 3. The van der Waals surface area contributed by atoms with Crippen LogP contribution < -0.4 is 19.5 Å². The molecule has 1 heterocycles. The van der Waals surface area contributed by atoms with Crippen LogP contribution in [0.15, 0.2) is 17.1 Å². The van der Waals surface area contributed by atoms with Crippen LogP contribution in [0.1, 0.15) is 25.3 Å². The van der Waals surface area contributed by atoms with Gasteiger partial charge in [-0.05, 0) is 30.9 Å². The molecule has 1 aliphatic heterocycles. The summed E-state index contributed by atoms with van der Waals surface area (Å²) in [5.74, 6) is 3.68. The zero-order chi connectivity index (χ0) is 17.5. The third-order valence-electron chi connectivity index (χ3n) is 4.52. The molecule has 25 heavy (non-hydrogen) atoms. The monoisotopic (exact) mass is 463 g/mol. The Morgan fingerprint density at radius 2 is 1.76 bits per heavy atom. The van der Waals surface area contributed by atoms with Gasteiger partial charge in [0, 0.05) is 32.2 Å². The summed E-state index contributed by atoms with van der Waals surface area (Å²) in [7, 11) is 6.70. The molecule has 1 aromatic carbocycles. The molecule has 0 spiro atoms. The van der Waals surface area contributed by atoms with Gasteiger partial charge in [-0.2, -0.15) is 0 Å². The minimum atomic E-state index is 0. The summed E-state index contributed by atoms with van der Waals surface area (Å²) < 4.78 is 16.3. The largest absolute Gasteiger partial charge is 0.493 e. The van der Waals surface area contributed by atoms with Crippen LogP contribution in [-0.4, -0.2) is 52.3 Å². The first-order chi connectivity index (χ1) is 11.6. The van der Waals surface area contributed by atoms with Gasteiger partial charge in [0.05, 0.1) is 21.3 Å². The van der Waals surface area contributed by atoms with Crippen molar-refractivity contribution in [2.75, 3.05) is 41.5 Å². The Bertz CT molecular complexity index is 573. The Morgan fingerprint density at radius 3 is 2.28 bits per heavy atom. The molecule has 1 aliphatic rings. The molecule has 2 rings (SSSR count). The van der Waals surface area contributed by atoms with E-state index in [1.807, 2.05) is 19.2 Å². The number of nitrogens with zero attached hydrogens (tertiary/aromatic N) is 2. The SMILES string of the molecule is CN=C(NCc1ccc(OC)c(OC)c1OC)N1CCC(C)CC1.I. The molecule has 1 fully saturated rings. The molecule has 142 valence electrons. The summed E-state index contributed by atoms with van der Waals surface area (Å²) >= 11 is 0. The van der Waals surface area contributed by atoms with Crippen LogP contribution in [0.3, 0.4) is 0 Å². The zero-order valence-electron chi connectivity index (χ0n) is 15.8. The zero-order valence-corrected chi connectivity index (χ0v) is 18.1. The lowest BCUT2D eigenvalue weighted by Gasteiger charge is -2.33. The van der Waals surface area contributed by atoms with Gasteiger partial charge >= 0.3 is 0 Å². The van der Waals surface area contributed by atoms with Gasteiger partial charge in [-0.15, -0.1) is 24.0 Å². The summed E-state index contributed by atoms with van der Waals surface area (Å²) in [5, 5.41) is 3.43. The molecule has 0 saturated carbocycles. The molecular weight excluding hydrogens is 433 g/mol. The second-order valence-corrected chi connectivity index (χ2v) is 6.06. The number of benzene rings is 1. The van der Waals surface area contributed by atoms with E-state index in [4.69, 9.17) is 14.2 Å². The van der Waals surface area contributed by atoms with Crippen molar-refractivity contribution in [2.45, 2.75) is 26.3 Å². The van der Waals surface area contributed by atoms with Gasteiger partial charge in [0.15, 0.2) is 17.5 Å².